The van der Waals surface area contributed by atoms with Gasteiger partial charge in [-0.3, -0.25) is 0 Å². The Balaban J connectivity index is 2.65. The van der Waals surface area contributed by atoms with Gasteiger partial charge in [-0.1, -0.05) is 6.07 Å². The number of aromatic carboxylic acids is 1. The van der Waals surface area contributed by atoms with Gasteiger partial charge in [0.1, 0.15) is 11.6 Å². The third-order valence-corrected chi connectivity index (χ3v) is 2.68. The van der Waals surface area contributed by atoms with E-state index >= 15 is 0 Å². The zero-order valence-corrected chi connectivity index (χ0v) is 9.58. The van der Waals surface area contributed by atoms with Crippen LogP contribution in [0.2, 0.25) is 0 Å². The first-order chi connectivity index (χ1) is 8.49. The Morgan fingerprint density at radius 1 is 1.11 bits per heavy atom. The molecule has 0 heterocycles. The molecule has 0 aliphatic carbocycles. The van der Waals surface area contributed by atoms with E-state index in [4.69, 9.17) is 5.11 Å². The smallest absolute Gasteiger partial charge is 0.336 e. The molecule has 0 saturated carbocycles. The van der Waals surface area contributed by atoms with E-state index in [-0.39, 0.29) is 16.9 Å². The summed E-state index contributed by atoms with van der Waals surface area (Å²) in [5.41, 5.74) is 1.09. The second kappa shape index (κ2) is 4.56. The van der Waals surface area contributed by atoms with Crippen molar-refractivity contribution in [2.24, 2.45) is 0 Å². The van der Waals surface area contributed by atoms with Crippen LogP contribution in [-0.2, 0) is 0 Å². The average molecular weight is 248 g/mol. The van der Waals surface area contributed by atoms with Gasteiger partial charge < -0.3 is 5.11 Å². The van der Waals surface area contributed by atoms with E-state index in [1.54, 1.807) is 6.92 Å². The summed E-state index contributed by atoms with van der Waals surface area (Å²) in [4.78, 5) is 11.1. The molecule has 0 unspecified atom stereocenters. The molecular formula is C14H10F2O2. The second-order valence-electron chi connectivity index (χ2n) is 3.96. The van der Waals surface area contributed by atoms with Gasteiger partial charge in [-0.25, -0.2) is 13.6 Å². The minimum absolute atomic E-state index is 0.0117. The van der Waals surface area contributed by atoms with E-state index in [0.717, 1.165) is 12.1 Å². The number of rotatable bonds is 2. The molecule has 0 aliphatic heterocycles. The third kappa shape index (κ3) is 2.22. The first-order valence-electron chi connectivity index (χ1n) is 5.28. The topological polar surface area (TPSA) is 37.3 Å². The van der Waals surface area contributed by atoms with Crippen LogP contribution in [0.5, 0.6) is 0 Å². The number of carboxylic acid groups (broad SMARTS) is 1. The van der Waals surface area contributed by atoms with E-state index in [9.17, 15) is 13.6 Å². The van der Waals surface area contributed by atoms with Gasteiger partial charge in [-0.15, -0.1) is 0 Å². The molecule has 2 aromatic rings. The summed E-state index contributed by atoms with van der Waals surface area (Å²) >= 11 is 0. The van der Waals surface area contributed by atoms with E-state index in [2.05, 4.69) is 0 Å². The van der Waals surface area contributed by atoms with Gasteiger partial charge in [0.15, 0.2) is 0 Å². The number of benzene rings is 2. The number of hydrogen-bond acceptors (Lipinski definition) is 1. The van der Waals surface area contributed by atoms with Crippen molar-refractivity contribution in [1.29, 1.82) is 0 Å². The molecule has 0 aliphatic rings. The first kappa shape index (κ1) is 12.2. The molecule has 0 saturated heterocycles. The lowest BCUT2D eigenvalue weighted by Crippen LogP contribution is -2.00. The molecule has 0 aromatic heterocycles. The molecule has 0 bridgehead atoms. The van der Waals surface area contributed by atoms with Crippen LogP contribution in [-0.4, -0.2) is 11.1 Å². The number of carbonyl (C=O) groups is 1. The summed E-state index contributed by atoms with van der Waals surface area (Å²) in [5, 5.41) is 9.05. The summed E-state index contributed by atoms with van der Waals surface area (Å²) in [6.07, 6.45) is 0. The predicted molar refractivity (Wildman–Crippen MR) is 63.5 cm³/mol. The van der Waals surface area contributed by atoms with Gasteiger partial charge in [0.05, 0.1) is 5.56 Å². The lowest BCUT2D eigenvalue weighted by atomic mass is 9.98. The molecule has 2 rings (SSSR count). The molecular weight excluding hydrogens is 238 g/mol. The Morgan fingerprint density at radius 3 is 2.44 bits per heavy atom. The highest BCUT2D eigenvalue weighted by Crippen LogP contribution is 2.26. The van der Waals surface area contributed by atoms with Crippen molar-refractivity contribution < 1.29 is 18.7 Å². The van der Waals surface area contributed by atoms with Crippen molar-refractivity contribution in [2.75, 3.05) is 0 Å². The van der Waals surface area contributed by atoms with E-state index in [1.165, 1.54) is 24.3 Å². The SMILES string of the molecule is Cc1cc(-c2cc(F)ccc2C(=O)O)ccc1F. The van der Waals surface area contributed by atoms with Crippen LogP contribution in [0.1, 0.15) is 15.9 Å². The number of carboxylic acids is 1. The van der Waals surface area contributed by atoms with Crippen LogP contribution >= 0.6 is 0 Å². The molecule has 2 nitrogen and oxygen atoms in total. The summed E-state index contributed by atoms with van der Waals surface area (Å²) in [5.74, 6) is -2.06. The maximum atomic E-state index is 13.2. The maximum absolute atomic E-state index is 13.2. The molecule has 0 fully saturated rings. The molecule has 2 aromatic carbocycles. The zero-order valence-electron chi connectivity index (χ0n) is 9.58. The standard InChI is InChI=1S/C14H10F2O2/c1-8-6-9(2-5-13(8)16)12-7-10(15)3-4-11(12)14(17)18/h2-7H,1H3,(H,17,18). The Morgan fingerprint density at radius 2 is 1.83 bits per heavy atom. The highest BCUT2D eigenvalue weighted by atomic mass is 19.1. The van der Waals surface area contributed by atoms with Crippen molar-refractivity contribution in [3.05, 3.63) is 59.2 Å². The fourth-order valence-corrected chi connectivity index (χ4v) is 1.75. The molecule has 92 valence electrons. The number of aryl methyl sites for hydroxylation is 1. The summed E-state index contributed by atoms with van der Waals surface area (Å²) < 4.78 is 26.4. The number of hydrogen-bond donors (Lipinski definition) is 1. The summed E-state index contributed by atoms with van der Waals surface area (Å²) in [7, 11) is 0. The largest absolute Gasteiger partial charge is 0.478 e. The fraction of sp³-hybridized carbons (Fsp3) is 0.0714. The summed E-state index contributed by atoms with van der Waals surface area (Å²) in [6, 6.07) is 7.59. The van der Waals surface area contributed by atoms with Crippen molar-refractivity contribution in [3.8, 4) is 11.1 Å². The molecule has 0 amide bonds. The van der Waals surface area contributed by atoms with Crippen molar-refractivity contribution >= 4 is 5.97 Å². The minimum Gasteiger partial charge on any atom is -0.478 e. The third-order valence-electron chi connectivity index (χ3n) is 2.68. The normalized spacial score (nSPS) is 10.4. The molecule has 0 spiro atoms. The quantitative estimate of drug-likeness (QED) is 0.880. The highest BCUT2D eigenvalue weighted by Gasteiger charge is 2.13. The Bertz CT molecular complexity index is 621. The monoisotopic (exact) mass is 248 g/mol. The van der Waals surface area contributed by atoms with Crippen LogP contribution < -0.4 is 0 Å². The maximum Gasteiger partial charge on any atom is 0.336 e. The van der Waals surface area contributed by atoms with E-state index in [1.807, 2.05) is 0 Å². The Hall–Kier alpha value is -2.23. The van der Waals surface area contributed by atoms with Crippen LogP contribution in [0, 0.1) is 18.6 Å². The number of halogens is 2. The molecule has 0 atom stereocenters. The van der Waals surface area contributed by atoms with Gasteiger partial charge in [-0.2, -0.15) is 0 Å². The average Bonchev–Trinajstić information content (AvgIpc) is 2.32. The van der Waals surface area contributed by atoms with Gasteiger partial charge >= 0.3 is 5.97 Å². The van der Waals surface area contributed by atoms with E-state index < -0.39 is 11.8 Å². The Labute approximate surface area is 103 Å². The highest BCUT2D eigenvalue weighted by molar-refractivity contribution is 5.96. The van der Waals surface area contributed by atoms with Crippen molar-refractivity contribution in [1.82, 2.24) is 0 Å². The first-order valence-corrected chi connectivity index (χ1v) is 5.28. The molecule has 1 N–H and O–H groups in total. The molecule has 0 radical (unpaired) electrons. The van der Waals surface area contributed by atoms with Crippen LogP contribution in [0.3, 0.4) is 0 Å². The Kier molecular flexibility index (Phi) is 3.10. The fourth-order valence-electron chi connectivity index (χ4n) is 1.75. The predicted octanol–water partition coefficient (Wildman–Crippen LogP) is 3.64. The minimum atomic E-state index is -1.15. The van der Waals surface area contributed by atoms with Gasteiger partial charge in [-0.05, 0) is 53.9 Å². The van der Waals surface area contributed by atoms with Crippen LogP contribution in [0.15, 0.2) is 36.4 Å². The van der Waals surface area contributed by atoms with Gasteiger partial charge in [0, 0.05) is 0 Å². The van der Waals surface area contributed by atoms with Crippen LogP contribution in [0.4, 0.5) is 8.78 Å². The van der Waals surface area contributed by atoms with Gasteiger partial charge in [0.2, 0.25) is 0 Å². The van der Waals surface area contributed by atoms with Crippen LogP contribution in [0.25, 0.3) is 11.1 Å². The van der Waals surface area contributed by atoms with E-state index in [0.29, 0.717) is 11.1 Å². The molecule has 4 heteroatoms. The zero-order chi connectivity index (χ0) is 13.3. The second-order valence-corrected chi connectivity index (χ2v) is 3.96. The van der Waals surface area contributed by atoms with Crippen molar-refractivity contribution in [3.63, 3.8) is 0 Å². The summed E-state index contributed by atoms with van der Waals surface area (Å²) in [6.45, 7) is 1.57. The van der Waals surface area contributed by atoms with Gasteiger partial charge in [0.25, 0.3) is 0 Å². The molecule has 18 heavy (non-hydrogen) atoms. The lowest BCUT2D eigenvalue weighted by Gasteiger charge is -2.08. The lowest BCUT2D eigenvalue weighted by molar-refractivity contribution is 0.0697. The van der Waals surface area contributed by atoms with Crippen molar-refractivity contribution in [2.45, 2.75) is 6.92 Å².